The lowest BCUT2D eigenvalue weighted by molar-refractivity contribution is -0.614. The van der Waals surface area contributed by atoms with Crippen LogP contribution in [0, 0.1) is 0 Å². The number of halogens is 15. The number of aliphatic hydroxyl groups is 1. The third-order valence-electron chi connectivity index (χ3n) is 5.97. The Morgan fingerprint density at radius 1 is 0.529 bits per heavy atom. The highest BCUT2D eigenvalue weighted by Crippen LogP contribution is 2.88. The molecule has 0 amide bonds. The number of ether oxygens (including phenoxy) is 2. The van der Waals surface area contributed by atoms with E-state index in [1.165, 1.54) is 0 Å². The monoisotopic (exact) mass is 538 g/mol. The van der Waals surface area contributed by atoms with E-state index in [0.717, 1.165) is 0 Å². The quantitative estimate of drug-likeness (QED) is 0.441. The van der Waals surface area contributed by atoms with Gasteiger partial charge >= 0.3 is 70.1 Å². The van der Waals surface area contributed by atoms with Crippen molar-refractivity contribution in [3.63, 3.8) is 0 Å². The largest absolute Gasteiger partial charge is 0.452 e. The van der Waals surface area contributed by atoms with E-state index < -0.39 is 83.3 Å². The van der Waals surface area contributed by atoms with Crippen LogP contribution in [-0.4, -0.2) is 88.4 Å². The second-order valence-corrected chi connectivity index (χ2v) is 7.40. The number of aliphatic hydroxyl groups excluding tert-OH is 1. The number of carbonyl (C=O) groups is 2. The van der Waals surface area contributed by atoms with Crippen molar-refractivity contribution in [2.75, 3.05) is 13.2 Å². The van der Waals surface area contributed by atoms with Gasteiger partial charge in [0.25, 0.3) is 0 Å². The molecule has 0 radical (unpaired) electrons. The Hall–Kier alpha value is -2.15. The molecule has 4 bridgehead atoms. The molecule has 0 atom stereocenters. The Morgan fingerprint density at radius 3 is 1.09 bits per heavy atom. The van der Waals surface area contributed by atoms with Crippen molar-refractivity contribution in [3.05, 3.63) is 0 Å². The molecule has 4 fully saturated rings. The van der Waals surface area contributed by atoms with Crippen molar-refractivity contribution in [2.24, 2.45) is 0 Å². The molecule has 4 saturated carbocycles. The smallest absolute Gasteiger partial charge is 0.345 e. The Balaban J connectivity index is 2.46. The highest BCUT2D eigenvalue weighted by atomic mass is 19.3. The minimum absolute atomic E-state index is 1.68. The Labute approximate surface area is 174 Å². The maximum atomic E-state index is 14.8. The van der Waals surface area contributed by atoms with Gasteiger partial charge in [0.15, 0.2) is 6.61 Å². The minimum Gasteiger partial charge on any atom is -0.452 e. The van der Waals surface area contributed by atoms with Crippen molar-refractivity contribution in [2.45, 2.75) is 58.1 Å². The average molecular weight is 538 g/mol. The van der Waals surface area contributed by atoms with E-state index >= 15 is 0 Å². The lowest BCUT2D eigenvalue weighted by Gasteiger charge is -2.74. The Kier molecular flexibility index (Phi) is 4.65. The fraction of sp³-hybridized carbons (Fsp3) is 0.857. The van der Waals surface area contributed by atoms with Crippen LogP contribution in [0.5, 0.6) is 0 Å². The van der Waals surface area contributed by atoms with E-state index in [9.17, 15) is 75.4 Å². The van der Waals surface area contributed by atoms with Crippen molar-refractivity contribution in [1.82, 2.24) is 0 Å². The number of alkyl halides is 15. The van der Waals surface area contributed by atoms with Crippen LogP contribution in [0.15, 0.2) is 0 Å². The van der Waals surface area contributed by atoms with Crippen LogP contribution in [-0.2, 0) is 19.1 Å². The molecule has 0 saturated heterocycles. The van der Waals surface area contributed by atoms with Gasteiger partial charge in [-0.3, -0.25) is 0 Å². The molecule has 0 heterocycles. The van der Waals surface area contributed by atoms with Crippen molar-refractivity contribution >= 4 is 11.9 Å². The lowest BCUT2D eigenvalue weighted by Crippen LogP contribution is -3.10. The van der Waals surface area contributed by atoms with Gasteiger partial charge in [0.2, 0.25) is 0 Å². The topological polar surface area (TPSA) is 72.8 Å². The summed E-state index contributed by atoms with van der Waals surface area (Å²) >= 11 is 0. The van der Waals surface area contributed by atoms with E-state index in [2.05, 4.69) is 9.47 Å². The summed E-state index contributed by atoms with van der Waals surface area (Å²) in [5.41, 5.74) is -31.1. The Morgan fingerprint density at radius 2 is 0.824 bits per heavy atom. The number of hydrogen-bond donors (Lipinski definition) is 1. The molecule has 4 aliphatic rings. The molecule has 196 valence electrons. The Bertz CT molecular complexity index is 848. The van der Waals surface area contributed by atoms with E-state index in [4.69, 9.17) is 5.11 Å². The van der Waals surface area contributed by atoms with Crippen molar-refractivity contribution in [3.8, 4) is 0 Å². The summed E-state index contributed by atoms with van der Waals surface area (Å²) in [5, 5.41) is 8.29. The molecule has 0 aromatic heterocycles. The normalized spacial score (nSPS) is 43.3. The van der Waals surface area contributed by atoms with Crippen molar-refractivity contribution in [1.29, 1.82) is 0 Å². The summed E-state index contributed by atoms with van der Waals surface area (Å²) in [6.45, 7) is -4.11. The molecule has 5 nitrogen and oxygen atoms in total. The second-order valence-electron chi connectivity index (χ2n) is 7.40. The molecule has 0 aromatic rings. The fourth-order valence-corrected chi connectivity index (χ4v) is 4.38. The van der Waals surface area contributed by atoms with E-state index in [-0.39, 0.29) is 0 Å². The molecule has 0 unspecified atom stereocenters. The van der Waals surface area contributed by atoms with Crippen LogP contribution < -0.4 is 0 Å². The molecule has 1 N–H and O–H groups in total. The second kappa shape index (κ2) is 5.97. The summed E-state index contributed by atoms with van der Waals surface area (Å²) < 4.78 is 224. The summed E-state index contributed by atoms with van der Waals surface area (Å²) in [7, 11) is 0. The molecule has 0 aliphatic heterocycles. The first-order valence-electron chi connectivity index (χ1n) is 8.17. The van der Waals surface area contributed by atoms with Gasteiger partial charge in [-0.05, 0) is 0 Å². The summed E-state index contributed by atoms with van der Waals surface area (Å²) in [4.78, 5) is 22.2. The van der Waals surface area contributed by atoms with Crippen LogP contribution in [0.25, 0.3) is 0 Å². The maximum Gasteiger partial charge on any atom is 0.345 e. The highest BCUT2D eigenvalue weighted by molar-refractivity contribution is 5.77. The van der Waals surface area contributed by atoms with Crippen LogP contribution >= 0.6 is 0 Å². The fourth-order valence-electron chi connectivity index (χ4n) is 4.38. The first kappa shape index (κ1) is 26.5. The lowest BCUT2D eigenvalue weighted by atomic mass is 9.40. The van der Waals surface area contributed by atoms with Gasteiger partial charge in [0, 0.05) is 0 Å². The zero-order valence-corrected chi connectivity index (χ0v) is 15.2. The van der Waals surface area contributed by atoms with Gasteiger partial charge in [-0.2, -0.15) is 52.7 Å². The SMILES string of the molecule is O=C(CO)OCC(=O)OC12C(F)(F)C3(F)C(F)(F)C(F)(C(F)(F)C(F)(C3(F)F)C1(F)F)C2(F)F. The molecule has 20 heteroatoms. The third-order valence-corrected chi connectivity index (χ3v) is 5.97. The summed E-state index contributed by atoms with van der Waals surface area (Å²) in [6, 6.07) is 0. The standard InChI is InChI=1S/C14H5F15O5/c15-5-9(18,19)6(16)11(22,23)7(17,10(5,20)21)14(28,29)8(12(5,24)25,13(6,26)27)34-4(32)2-33-3(31)1-30/h30H,1-2H2. The molecule has 4 rings (SSSR count). The van der Waals surface area contributed by atoms with Crippen LogP contribution in [0.2, 0.25) is 0 Å². The maximum absolute atomic E-state index is 14.8. The highest BCUT2D eigenvalue weighted by Gasteiger charge is 3.24. The summed E-state index contributed by atoms with van der Waals surface area (Å²) in [6.07, 6.45) is 0. The molecule has 4 aliphatic carbocycles. The third kappa shape index (κ3) is 1.79. The first-order valence-corrected chi connectivity index (χ1v) is 8.17. The first-order chi connectivity index (χ1) is 14.8. The van der Waals surface area contributed by atoms with E-state index in [0.29, 0.717) is 0 Å². The van der Waals surface area contributed by atoms with Gasteiger partial charge < -0.3 is 14.6 Å². The molecule has 34 heavy (non-hydrogen) atoms. The predicted octanol–water partition coefficient (Wildman–Crippen LogP) is 2.78. The zero-order valence-electron chi connectivity index (χ0n) is 15.2. The van der Waals surface area contributed by atoms with Gasteiger partial charge in [0.05, 0.1) is 0 Å². The average Bonchev–Trinajstić information content (AvgIpc) is 2.69. The van der Waals surface area contributed by atoms with E-state index in [1.807, 2.05) is 0 Å². The number of hydrogen-bond acceptors (Lipinski definition) is 5. The number of esters is 2. The molecular weight excluding hydrogens is 533 g/mol. The van der Waals surface area contributed by atoms with Gasteiger partial charge in [-0.25, -0.2) is 22.8 Å². The van der Waals surface area contributed by atoms with Gasteiger partial charge in [-0.15, -0.1) is 0 Å². The van der Waals surface area contributed by atoms with E-state index in [1.54, 1.807) is 0 Å². The van der Waals surface area contributed by atoms with Crippen LogP contribution in [0.1, 0.15) is 0 Å². The van der Waals surface area contributed by atoms with Gasteiger partial charge in [0.1, 0.15) is 6.61 Å². The number of rotatable bonds is 4. The molecule has 0 aromatic carbocycles. The van der Waals surface area contributed by atoms with Gasteiger partial charge in [-0.1, -0.05) is 0 Å². The van der Waals surface area contributed by atoms with Crippen molar-refractivity contribution < 1.29 is 90.0 Å². The molecule has 0 spiro atoms. The zero-order chi connectivity index (χ0) is 27.0. The minimum atomic E-state index is -8.01. The van der Waals surface area contributed by atoms with Crippen LogP contribution in [0.4, 0.5) is 65.9 Å². The predicted molar refractivity (Wildman–Crippen MR) is 68.1 cm³/mol. The summed E-state index contributed by atoms with van der Waals surface area (Å²) in [5.74, 6) is -52.9. The molecular formula is C14H5F15O5. The number of carbonyl (C=O) groups excluding carboxylic acids is 2. The van der Waals surface area contributed by atoms with Crippen LogP contribution in [0.3, 0.4) is 0 Å².